The van der Waals surface area contributed by atoms with Gasteiger partial charge in [0.1, 0.15) is 48.6 Å². The van der Waals surface area contributed by atoms with Gasteiger partial charge in [-0.25, -0.2) is 4.79 Å². The normalized spacial score (nSPS) is 25.6. The summed E-state index contributed by atoms with van der Waals surface area (Å²) in [7, 11) is 0. The molecule has 7 atom stereocenters. The second-order valence-corrected chi connectivity index (χ2v) is 9.05. The molecular formula is C26H32O12. The Labute approximate surface area is 218 Å². The van der Waals surface area contributed by atoms with Crippen molar-refractivity contribution in [2.75, 3.05) is 6.61 Å². The highest BCUT2D eigenvalue weighted by atomic mass is 16.7. The Morgan fingerprint density at radius 2 is 1.58 bits per heavy atom. The van der Waals surface area contributed by atoms with Crippen LogP contribution in [-0.4, -0.2) is 91.6 Å². The number of carbonyl (C=O) groups excluding carboxylic acids is 2. The number of aliphatic hydroxyl groups excluding tert-OH is 4. The van der Waals surface area contributed by atoms with Crippen LogP contribution in [-0.2, 0) is 36.8 Å². The van der Waals surface area contributed by atoms with Crippen molar-refractivity contribution in [2.45, 2.75) is 69.3 Å². The zero-order valence-electron chi connectivity index (χ0n) is 20.8. The van der Waals surface area contributed by atoms with Crippen LogP contribution >= 0.6 is 0 Å². The molecule has 208 valence electrons. The maximum absolute atomic E-state index is 13.0. The Balaban J connectivity index is 1.65. The largest absolute Gasteiger partial charge is 0.508 e. The van der Waals surface area contributed by atoms with Gasteiger partial charge in [0.05, 0.1) is 6.61 Å². The lowest BCUT2D eigenvalue weighted by Crippen LogP contribution is -2.60. The third kappa shape index (κ3) is 6.98. The van der Waals surface area contributed by atoms with Crippen LogP contribution in [0.3, 0.4) is 0 Å². The lowest BCUT2D eigenvalue weighted by Gasteiger charge is -2.39. The van der Waals surface area contributed by atoms with Gasteiger partial charge in [0, 0.05) is 13.3 Å². The molecule has 38 heavy (non-hydrogen) atoms. The Bertz CT molecular complexity index is 1070. The molecule has 1 saturated heterocycles. The second-order valence-electron chi connectivity index (χ2n) is 9.05. The number of esters is 2. The standard InChI is InChI=1S/C26H32O12/c1-14(36-15(2)28)26(34,11-16-3-7-18(29)8-4-16)25(33)35-13-17-5-9-19(10-6-17)37-24-23(32)22(31)21(30)20(12-27)38-24/h3-10,14,20-24,27,29-32,34H,11-13H2,1-2H3/t14-,20-,21+,22+,23+,24-,26+/m0/s1. The number of carbonyl (C=O) groups is 2. The maximum atomic E-state index is 13.0. The summed E-state index contributed by atoms with van der Waals surface area (Å²) in [6.45, 7) is 1.68. The highest BCUT2D eigenvalue weighted by Crippen LogP contribution is 2.26. The molecule has 0 spiro atoms. The predicted octanol–water partition coefficient (Wildman–Crippen LogP) is -0.460. The third-order valence-electron chi connectivity index (χ3n) is 6.17. The molecule has 0 radical (unpaired) electrons. The van der Waals surface area contributed by atoms with Crippen molar-refractivity contribution >= 4 is 11.9 Å². The minimum atomic E-state index is -2.21. The number of phenolic OH excluding ortho intramolecular Hbond substituents is 1. The molecule has 3 rings (SSSR count). The number of aromatic hydroxyl groups is 1. The fourth-order valence-electron chi connectivity index (χ4n) is 3.89. The predicted molar refractivity (Wildman–Crippen MR) is 129 cm³/mol. The molecule has 12 nitrogen and oxygen atoms in total. The summed E-state index contributed by atoms with van der Waals surface area (Å²) in [4.78, 5) is 24.4. The monoisotopic (exact) mass is 536 g/mol. The van der Waals surface area contributed by atoms with Gasteiger partial charge in [0.2, 0.25) is 11.9 Å². The van der Waals surface area contributed by atoms with Gasteiger partial charge in [-0.2, -0.15) is 0 Å². The van der Waals surface area contributed by atoms with Crippen molar-refractivity contribution in [3.8, 4) is 11.5 Å². The molecule has 0 amide bonds. The lowest BCUT2D eigenvalue weighted by atomic mass is 9.89. The van der Waals surface area contributed by atoms with Gasteiger partial charge in [0.25, 0.3) is 0 Å². The summed E-state index contributed by atoms with van der Waals surface area (Å²) in [6, 6.07) is 11.9. The fourth-order valence-corrected chi connectivity index (χ4v) is 3.89. The first kappa shape index (κ1) is 29.3. The van der Waals surface area contributed by atoms with E-state index < -0.39 is 61.0 Å². The molecule has 1 fully saturated rings. The van der Waals surface area contributed by atoms with Gasteiger partial charge in [0.15, 0.2) is 0 Å². The molecule has 0 bridgehead atoms. The topological polar surface area (TPSA) is 192 Å². The number of aliphatic hydroxyl groups is 5. The Hall–Kier alpha value is -3.26. The fraction of sp³-hybridized carbons (Fsp3) is 0.462. The Morgan fingerprint density at radius 3 is 2.16 bits per heavy atom. The van der Waals surface area contributed by atoms with Crippen molar-refractivity contribution in [1.29, 1.82) is 0 Å². The van der Waals surface area contributed by atoms with E-state index in [1.165, 1.54) is 43.3 Å². The first-order valence-corrected chi connectivity index (χ1v) is 11.9. The summed E-state index contributed by atoms with van der Waals surface area (Å²) in [6.07, 6.45) is -8.62. The number of benzene rings is 2. The van der Waals surface area contributed by atoms with Crippen molar-refractivity contribution < 1.29 is 59.2 Å². The van der Waals surface area contributed by atoms with E-state index in [1.54, 1.807) is 12.1 Å². The average Bonchev–Trinajstić information content (AvgIpc) is 2.89. The van der Waals surface area contributed by atoms with E-state index in [9.17, 15) is 40.2 Å². The molecule has 6 N–H and O–H groups in total. The molecule has 1 aliphatic rings. The van der Waals surface area contributed by atoms with E-state index in [2.05, 4.69) is 0 Å². The minimum absolute atomic E-state index is 0.00636. The van der Waals surface area contributed by atoms with E-state index in [4.69, 9.17) is 18.9 Å². The van der Waals surface area contributed by atoms with Crippen LogP contribution < -0.4 is 4.74 Å². The maximum Gasteiger partial charge on any atom is 0.342 e. The Morgan fingerprint density at radius 1 is 0.974 bits per heavy atom. The number of ether oxygens (including phenoxy) is 4. The third-order valence-corrected chi connectivity index (χ3v) is 6.17. The SMILES string of the molecule is CC(=O)O[C@@H](C)[C@](O)(Cc1ccc(O)cc1)C(=O)OCc1ccc(O[C@H]2O[C@@H](CO)[C@@H](O)[C@@H](O)[C@H]2O)cc1. The molecule has 2 aromatic rings. The van der Waals surface area contributed by atoms with Gasteiger partial charge in [-0.3, -0.25) is 4.79 Å². The summed E-state index contributed by atoms with van der Waals surface area (Å²) in [5.41, 5.74) is -1.21. The van der Waals surface area contributed by atoms with Gasteiger partial charge < -0.3 is 49.6 Å². The van der Waals surface area contributed by atoms with Gasteiger partial charge in [-0.15, -0.1) is 0 Å². The van der Waals surface area contributed by atoms with E-state index in [0.717, 1.165) is 6.92 Å². The highest BCUT2D eigenvalue weighted by Gasteiger charge is 2.46. The van der Waals surface area contributed by atoms with Crippen molar-refractivity contribution in [2.24, 2.45) is 0 Å². The van der Waals surface area contributed by atoms with Crippen molar-refractivity contribution in [1.82, 2.24) is 0 Å². The molecule has 2 aromatic carbocycles. The highest BCUT2D eigenvalue weighted by molar-refractivity contribution is 5.81. The average molecular weight is 537 g/mol. The number of rotatable bonds is 10. The van der Waals surface area contributed by atoms with Crippen molar-refractivity contribution in [3.63, 3.8) is 0 Å². The van der Waals surface area contributed by atoms with E-state index in [-0.39, 0.29) is 24.5 Å². The molecule has 0 aliphatic carbocycles. The smallest absolute Gasteiger partial charge is 0.342 e. The first-order valence-electron chi connectivity index (χ1n) is 11.9. The van der Waals surface area contributed by atoms with Crippen LogP contribution in [0.5, 0.6) is 11.5 Å². The van der Waals surface area contributed by atoms with Crippen LogP contribution in [0.2, 0.25) is 0 Å². The van der Waals surface area contributed by atoms with Crippen LogP contribution in [0, 0.1) is 0 Å². The molecule has 0 unspecified atom stereocenters. The zero-order valence-corrected chi connectivity index (χ0v) is 20.8. The molecule has 12 heteroatoms. The van der Waals surface area contributed by atoms with Crippen LogP contribution in [0.15, 0.2) is 48.5 Å². The van der Waals surface area contributed by atoms with E-state index in [1.807, 2.05) is 0 Å². The van der Waals surface area contributed by atoms with Gasteiger partial charge >= 0.3 is 11.9 Å². The first-order chi connectivity index (χ1) is 17.9. The van der Waals surface area contributed by atoms with Crippen LogP contribution in [0.25, 0.3) is 0 Å². The van der Waals surface area contributed by atoms with Gasteiger partial charge in [-0.1, -0.05) is 24.3 Å². The molecule has 1 aliphatic heterocycles. The minimum Gasteiger partial charge on any atom is -0.508 e. The molecule has 1 heterocycles. The zero-order chi connectivity index (χ0) is 28.0. The van der Waals surface area contributed by atoms with Crippen molar-refractivity contribution in [3.05, 3.63) is 59.7 Å². The summed E-state index contributed by atoms with van der Waals surface area (Å²) in [5.74, 6) is -1.49. The molecular weight excluding hydrogens is 504 g/mol. The van der Waals surface area contributed by atoms with Crippen LogP contribution in [0.4, 0.5) is 0 Å². The number of hydrogen-bond donors (Lipinski definition) is 6. The summed E-state index contributed by atoms with van der Waals surface area (Å²) < 4.78 is 21.2. The lowest BCUT2D eigenvalue weighted by molar-refractivity contribution is -0.277. The molecule has 0 aromatic heterocycles. The number of phenols is 1. The Kier molecular flexibility index (Phi) is 9.66. The molecule has 0 saturated carbocycles. The quantitative estimate of drug-likeness (QED) is 0.214. The van der Waals surface area contributed by atoms with E-state index >= 15 is 0 Å². The summed E-state index contributed by atoms with van der Waals surface area (Å²) >= 11 is 0. The number of hydrogen-bond acceptors (Lipinski definition) is 12. The van der Waals surface area contributed by atoms with E-state index in [0.29, 0.717) is 11.1 Å². The second kappa shape index (κ2) is 12.5. The summed E-state index contributed by atoms with van der Waals surface area (Å²) in [5, 5.41) is 59.9. The van der Waals surface area contributed by atoms with Gasteiger partial charge in [-0.05, 0) is 42.3 Å². The van der Waals surface area contributed by atoms with Crippen LogP contribution in [0.1, 0.15) is 25.0 Å².